The normalized spacial score (nSPS) is 15.5. The van der Waals surface area contributed by atoms with Crippen LogP contribution in [0.5, 0.6) is 5.88 Å². The number of ether oxygens (including phenoxy) is 1. The van der Waals surface area contributed by atoms with Crippen LogP contribution in [0.2, 0.25) is 0 Å². The maximum absolute atomic E-state index is 13.4. The summed E-state index contributed by atoms with van der Waals surface area (Å²) in [4.78, 5) is 25.8. The lowest BCUT2D eigenvalue weighted by Crippen LogP contribution is -2.26. The number of halogens is 7. The van der Waals surface area contributed by atoms with Crippen LogP contribution in [0.1, 0.15) is 5.69 Å². The molecule has 9 nitrogen and oxygen atoms in total. The van der Waals surface area contributed by atoms with Crippen molar-refractivity contribution in [1.29, 1.82) is 0 Å². The summed E-state index contributed by atoms with van der Waals surface area (Å²) in [6, 6.07) is 2.90. The van der Waals surface area contributed by atoms with Crippen LogP contribution in [0, 0.1) is 11.7 Å². The molecule has 184 valence electrons. The van der Waals surface area contributed by atoms with Gasteiger partial charge < -0.3 is 24.8 Å². The number of imidazole rings is 1. The van der Waals surface area contributed by atoms with E-state index in [9.17, 15) is 30.7 Å². The second-order valence-corrected chi connectivity index (χ2v) is 6.24. The smallest absolute Gasteiger partial charge is 0.475 e. The van der Waals surface area contributed by atoms with Crippen LogP contribution in [-0.2, 0) is 22.7 Å². The van der Waals surface area contributed by atoms with Gasteiger partial charge in [0.1, 0.15) is 0 Å². The standard InChI is InChI=1S/C13H15FN4O.2C2HF3O2/c14-12-2-1-3-17-13(12)19-8-10-4-15-5-11-6-16-9-18(11)7-10;2*3-2(4,5)1(6)7/h1-3,6,9-10,15H,4-5,7-8H2;2*(H,6,7). The Labute approximate surface area is 180 Å². The molecule has 0 aromatic carbocycles. The highest BCUT2D eigenvalue weighted by Gasteiger charge is 2.38. The van der Waals surface area contributed by atoms with Crippen LogP contribution >= 0.6 is 0 Å². The molecular weight excluding hydrogens is 473 g/mol. The average Bonchev–Trinajstić information content (AvgIpc) is 3.04. The summed E-state index contributed by atoms with van der Waals surface area (Å²) in [5.74, 6) is -5.61. The molecule has 2 aromatic rings. The maximum atomic E-state index is 13.4. The Morgan fingerprint density at radius 1 is 1.15 bits per heavy atom. The number of nitrogens with one attached hydrogen (secondary N) is 1. The Morgan fingerprint density at radius 3 is 2.24 bits per heavy atom. The van der Waals surface area contributed by atoms with Gasteiger partial charge in [0.15, 0.2) is 5.82 Å². The SMILES string of the molecule is Fc1cccnc1OCC1CNCc2cncn2C1.O=C(O)C(F)(F)F.O=C(O)C(F)(F)F. The fourth-order valence-electron chi connectivity index (χ4n) is 2.19. The summed E-state index contributed by atoms with van der Waals surface area (Å²) in [6.45, 7) is 2.87. The summed E-state index contributed by atoms with van der Waals surface area (Å²) in [7, 11) is 0. The topological polar surface area (TPSA) is 127 Å². The van der Waals surface area contributed by atoms with E-state index in [1.54, 1.807) is 6.07 Å². The van der Waals surface area contributed by atoms with Crippen LogP contribution in [0.15, 0.2) is 30.9 Å². The molecule has 33 heavy (non-hydrogen) atoms. The van der Waals surface area contributed by atoms with E-state index in [2.05, 4.69) is 19.9 Å². The third kappa shape index (κ3) is 10.2. The Hall–Kier alpha value is -3.43. The quantitative estimate of drug-likeness (QED) is 0.561. The fourth-order valence-corrected chi connectivity index (χ4v) is 2.19. The van der Waals surface area contributed by atoms with Gasteiger partial charge in [-0.1, -0.05) is 0 Å². The van der Waals surface area contributed by atoms with E-state index in [0.29, 0.717) is 6.61 Å². The Morgan fingerprint density at radius 2 is 1.73 bits per heavy atom. The van der Waals surface area contributed by atoms with Crippen molar-refractivity contribution in [3.63, 3.8) is 0 Å². The van der Waals surface area contributed by atoms with Crippen LogP contribution in [-0.4, -0.2) is 62.2 Å². The highest BCUT2D eigenvalue weighted by Crippen LogP contribution is 2.15. The lowest BCUT2D eigenvalue weighted by Gasteiger charge is -2.15. The molecule has 1 atom stereocenters. The number of hydrogen-bond acceptors (Lipinski definition) is 6. The average molecular weight is 490 g/mol. The third-order valence-electron chi connectivity index (χ3n) is 3.66. The van der Waals surface area contributed by atoms with E-state index in [4.69, 9.17) is 24.5 Å². The van der Waals surface area contributed by atoms with Gasteiger partial charge in [0.05, 0.1) is 18.6 Å². The number of carboxylic acid groups (broad SMARTS) is 2. The van der Waals surface area contributed by atoms with Crippen molar-refractivity contribution in [2.24, 2.45) is 5.92 Å². The van der Waals surface area contributed by atoms with E-state index in [-0.39, 0.29) is 11.8 Å². The molecule has 0 fully saturated rings. The molecular formula is C17H17F7N4O5. The number of nitrogens with zero attached hydrogens (tertiary/aromatic N) is 3. The first-order chi connectivity index (χ1) is 15.2. The van der Waals surface area contributed by atoms with Crippen molar-refractivity contribution in [3.05, 3.63) is 42.4 Å². The van der Waals surface area contributed by atoms with E-state index in [1.165, 1.54) is 12.3 Å². The largest absolute Gasteiger partial charge is 0.490 e. The predicted molar refractivity (Wildman–Crippen MR) is 94.5 cm³/mol. The van der Waals surface area contributed by atoms with Gasteiger partial charge in [-0.05, 0) is 12.1 Å². The Kier molecular flexibility index (Phi) is 10.0. The molecule has 0 spiro atoms. The zero-order chi connectivity index (χ0) is 25.2. The highest BCUT2D eigenvalue weighted by molar-refractivity contribution is 5.73. The number of rotatable bonds is 3. The molecule has 3 N–H and O–H groups in total. The third-order valence-corrected chi connectivity index (χ3v) is 3.66. The molecule has 0 radical (unpaired) electrons. The summed E-state index contributed by atoms with van der Waals surface area (Å²) in [6.07, 6.45) is -4.97. The van der Waals surface area contributed by atoms with Gasteiger partial charge in [-0.25, -0.2) is 23.9 Å². The van der Waals surface area contributed by atoms with E-state index in [0.717, 1.165) is 25.3 Å². The van der Waals surface area contributed by atoms with Gasteiger partial charge in [0.2, 0.25) is 5.88 Å². The second-order valence-electron chi connectivity index (χ2n) is 6.24. The monoisotopic (exact) mass is 490 g/mol. The van der Waals surface area contributed by atoms with Gasteiger partial charge in [-0.15, -0.1) is 0 Å². The number of aliphatic carboxylic acids is 2. The van der Waals surface area contributed by atoms with Gasteiger partial charge in [0, 0.05) is 37.9 Å². The molecule has 1 aliphatic rings. The van der Waals surface area contributed by atoms with Gasteiger partial charge in [-0.2, -0.15) is 26.3 Å². The van der Waals surface area contributed by atoms with Gasteiger partial charge in [-0.3, -0.25) is 0 Å². The molecule has 16 heteroatoms. The van der Waals surface area contributed by atoms with E-state index >= 15 is 0 Å². The first-order valence-electron chi connectivity index (χ1n) is 8.75. The van der Waals surface area contributed by atoms with Crippen molar-refractivity contribution in [1.82, 2.24) is 19.9 Å². The van der Waals surface area contributed by atoms with Crippen molar-refractivity contribution >= 4 is 11.9 Å². The molecule has 0 saturated carbocycles. The van der Waals surface area contributed by atoms with E-state index in [1.807, 2.05) is 12.5 Å². The molecule has 0 amide bonds. The molecule has 0 saturated heterocycles. The maximum Gasteiger partial charge on any atom is 0.490 e. The van der Waals surface area contributed by atoms with Crippen molar-refractivity contribution in [2.75, 3.05) is 13.2 Å². The second kappa shape index (κ2) is 12.0. The number of alkyl halides is 6. The minimum Gasteiger partial charge on any atom is -0.475 e. The minimum atomic E-state index is -5.08. The first-order valence-corrected chi connectivity index (χ1v) is 8.75. The molecule has 2 aromatic heterocycles. The summed E-state index contributed by atoms with van der Waals surface area (Å²) >= 11 is 0. The molecule has 3 rings (SSSR count). The highest BCUT2D eigenvalue weighted by atomic mass is 19.4. The van der Waals surface area contributed by atoms with Gasteiger partial charge >= 0.3 is 24.3 Å². The predicted octanol–water partition coefficient (Wildman–Crippen LogP) is 2.48. The number of carbonyl (C=O) groups is 2. The van der Waals surface area contributed by atoms with Crippen LogP contribution in [0.4, 0.5) is 30.7 Å². The van der Waals surface area contributed by atoms with Crippen molar-refractivity contribution in [2.45, 2.75) is 25.4 Å². The van der Waals surface area contributed by atoms with E-state index < -0.39 is 30.1 Å². The Bertz CT molecular complexity index is 894. The Balaban J connectivity index is 0.000000324. The molecule has 1 aliphatic heterocycles. The number of aromatic nitrogens is 3. The molecule has 3 heterocycles. The minimum absolute atomic E-state index is 0.0672. The first kappa shape index (κ1) is 27.6. The van der Waals surface area contributed by atoms with Crippen LogP contribution in [0.25, 0.3) is 0 Å². The summed E-state index contributed by atoms with van der Waals surface area (Å²) in [5.41, 5.74) is 1.16. The lowest BCUT2D eigenvalue weighted by molar-refractivity contribution is -0.193. The van der Waals surface area contributed by atoms with Crippen LogP contribution < -0.4 is 10.1 Å². The number of fused-ring (bicyclic) bond motifs is 1. The lowest BCUT2D eigenvalue weighted by atomic mass is 10.1. The zero-order valence-corrected chi connectivity index (χ0v) is 16.4. The number of pyridine rings is 1. The number of hydrogen-bond donors (Lipinski definition) is 3. The number of carboxylic acids is 2. The zero-order valence-electron chi connectivity index (χ0n) is 16.4. The summed E-state index contributed by atoms with van der Waals surface area (Å²) < 4.78 is 84.4. The van der Waals surface area contributed by atoms with Gasteiger partial charge in [0.25, 0.3) is 0 Å². The molecule has 0 aliphatic carbocycles. The van der Waals surface area contributed by atoms with Crippen LogP contribution in [0.3, 0.4) is 0 Å². The molecule has 1 unspecified atom stereocenters. The van der Waals surface area contributed by atoms with Crippen molar-refractivity contribution < 1.29 is 55.3 Å². The van der Waals surface area contributed by atoms with Crippen molar-refractivity contribution in [3.8, 4) is 5.88 Å². The molecule has 0 bridgehead atoms. The fraction of sp³-hybridized carbons (Fsp3) is 0.412. The summed E-state index contributed by atoms with van der Waals surface area (Å²) in [5, 5.41) is 17.6.